The second kappa shape index (κ2) is 27.6. The standard InChI is InChI=1S/C54H87NO13/c1-33-17-13-12-14-18-34(2)46(63-9)31-42-22-20-39(7)54(62,68-42)52(60)40(8)55-24-16-15-19-43(55)53(61)67-47(36(4)29-41-21-23-45(66-26-25-56)48(30-41)64-10)32-44(57)35(3)28-38(6)50(59)51(65-11)49(58)37(5)27-33/h12-14,17-18,28,33,35-37,39-43,45-48,50-51,56,59,62H,15-16,19-27,29-32H2,1-11H3/b14-12?,17-13+,34-18?,38-28+/t33-,35-,36+,37-,39-,40?,41+,42+,43+,45-,46+,47+,48-,50-,51+,54-/m1/s1. The Kier molecular flexibility index (Phi) is 23.4. The van der Waals surface area contributed by atoms with E-state index in [1.165, 1.54) is 7.11 Å². The molecule has 2 bridgehead atoms. The normalized spacial score (nSPS) is 39.3. The van der Waals surface area contributed by atoms with Crippen molar-refractivity contribution in [2.45, 2.75) is 193 Å². The van der Waals surface area contributed by atoms with E-state index in [0.717, 1.165) is 31.3 Å². The first-order valence-corrected chi connectivity index (χ1v) is 25.5. The predicted octanol–water partition coefficient (Wildman–Crippen LogP) is 7.06. The van der Waals surface area contributed by atoms with Gasteiger partial charge in [-0.1, -0.05) is 77.5 Å². The number of hydrogen-bond acceptors (Lipinski definition) is 14. The molecule has 4 aliphatic rings. The summed E-state index contributed by atoms with van der Waals surface area (Å²) in [6.07, 6.45) is 14.0. The molecule has 0 radical (unpaired) electrons. The van der Waals surface area contributed by atoms with Crippen molar-refractivity contribution in [2.75, 3.05) is 41.1 Å². The van der Waals surface area contributed by atoms with Crippen molar-refractivity contribution >= 4 is 23.3 Å². The smallest absolute Gasteiger partial charge is 0.323 e. The number of aliphatic hydroxyl groups is 3. The summed E-state index contributed by atoms with van der Waals surface area (Å²) in [5.74, 6) is -5.17. The monoisotopic (exact) mass is 958 g/mol. The zero-order chi connectivity index (χ0) is 50.3. The lowest BCUT2D eigenvalue weighted by atomic mass is 9.78. The molecule has 3 heterocycles. The van der Waals surface area contributed by atoms with E-state index in [-0.39, 0.29) is 67.3 Å². The Hall–Kier alpha value is -2.92. The van der Waals surface area contributed by atoms with E-state index in [9.17, 15) is 34.5 Å². The molecule has 16 atom stereocenters. The number of Topliss-reactive ketones (excluding diaryl/α,β-unsaturated/α-hetero) is 3. The zero-order valence-electron chi connectivity index (χ0n) is 43.1. The highest BCUT2D eigenvalue weighted by Crippen LogP contribution is 2.39. The Morgan fingerprint density at radius 1 is 0.853 bits per heavy atom. The summed E-state index contributed by atoms with van der Waals surface area (Å²) in [7, 11) is 4.69. The van der Waals surface area contributed by atoms with Gasteiger partial charge in [0.05, 0.1) is 43.7 Å². The van der Waals surface area contributed by atoms with Gasteiger partial charge in [-0.15, -0.1) is 0 Å². The van der Waals surface area contributed by atoms with Crippen LogP contribution in [-0.4, -0.2) is 145 Å². The van der Waals surface area contributed by atoms with Gasteiger partial charge in [0.15, 0.2) is 5.78 Å². The molecule has 1 saturated carbocycles. The Balaban J connectivity index is 1.69. The molecule has 386 valence electrons. The first-order chi connectivity index (χ1) is 32.3. The molecule has 14 nitrogen and oxygen atoms in total. The van der Waals surface area contributed by atoms with Gasteiger partial charge >= 0.3 is 5.97 Å². The van der Waals surface area contributed by atoms with Gasteiger partial charge in [0.1, 0.15) is 30.1 Å². The summed E-state index contributed by atoms with van der Waals surface area (Å²) in [5.41, 5.74) is 1.37. The van der Waals surface area contributed by atoms with Crippen LogP contribution in [0.25, 0.3) is 0 Å². The van der Waals surface area contributed by atoms with E-state index in [0.29, 0.717) is 57.1 Å². The molecule has 68 heavy (non-hydrogen) atoms. The molecule has 2 saturated heterocycles. The van der Waals surface area contributed by atoms with Crippen LogP contribution in [0.4, 0.5) is 0 Å². The minimum atomic E-state index is -2.08. The van der Waals surface area contributed by atoms with Gasteiger partial charge in [-0.05, 0) is 114 Å². The van der Waals surface area contributed by atoms with Crippen molar-refractivity contribution < 1.29 is 62.9 Å². The first-order valence-electron chi connectivity index (χ1n) is 25.5. The van der Waals surface area contributed by atoms with E-state index in [2.05, 4.69) is 0 Å². The number of piperidine rings is 1. The lowest BCUT2D eigenvalue weighted by Gasteiger charge is -2.45. The summed E-state index contributed by atoms with van der Waals surface area (Å²) < 4.78 is 36.1. The summed E-state index contributed by atoms with van der Waals surface area (Å²) >= 11 is 0. The Bertz CT molecular complexity index is 1760. The quantitative estimate of drug-likeness (QED) is 0.158. The molecule has 3 N–H and O–H groups in total. The number of carbonyl (C=O) groups excluding carboxylic acids is 4. The topological polar surface area (TPSA) is 188 Å². The molecule has 0 aromatic heterocycles. The van der Waals surface area contributed by atoms with Crippen LogP contribution >= 0.6 is 0 Å². The van der Waals surface area contributed by atoms with Gasteiger partial charge in [0.25, 0.3) is 0 Å². The average molecular weight is 958 g/mol. The zero-order valence-corrected chi connectivity index (χ0v) is 43.1. The molecule has 1 unspecified atom stereocenters. The van der Waals surface area contributed by atoms with Gasteiger partial charge in [-0.25, -0.2) is 0 Å². The second-order valence-electron chi connectivity index (χ2n) is 20.6. The third-order valence-corrected chi connectivity index (χ3v) is 15.4. The Labute approximate surface area is 407 Å². The van der Waals surface area contributed by atoms with Crippen molar-refractivity contribution in [1.29, 1.82) is 0 Å². The number of fused-ring (bicyclic) bond motifs is 3. The lowest BCUT2D eigenvalue weighted by molar-refractivity contribution is -0.269. The third kappa shape index (κ3) is 15.5. The highest BCUT2D eigenvalue weighted by atomic mass is 16.6. The largest absolute Gasteiger partial charge is 0.460 e. The number of carbonyl (C=O) groups is 4. The van der Waals surface area contributed by atoms with E-state index in [4.69, 9.17) is 28.4 Å². The maximum Gasteiger partial charge on any atom is 0.323 e. The fourth-order valence-corrected chi connectivity index (χ4v) is 10.9. The van der Waals surface area contributed by atoms with Crippen molar-refractivity contribution in [1.82, 2.24) is 4.90 Å². The van der Waals surface area contributed by atoms with Crippen LogP contribution in [0.5, 0.6) is 0 Å². The number of hydrogen-bond donors (Lipinski definition) is 3. The summed E-state index contributed by atoms with van der Waals surface area (Å²) in [4.78, 5) is 59.0. The first kappa shape index (κ1) is 57.7. The van der Waals surface area contributed by atoms with Crippen LogP contribution in [0.2, 0.25) is 0 Å². The van der Waals surface area contributed by atoms with Gasteiger partial charge in [-0.2, -0.15) is 0 Å². The third-order valence-electron chi connectivity index (χ3n) is 15.4. The second-order valence-corrected chi connectivity index (χ2v) is 20.6. The fourth-order valence-electron chi connectivity index (χ4n) is 10.9. The lowest BCUT2D eigenvalue weighted by Crippen LogP contribution is -2.61. The molecule has 0 aromatic rings. The van der Waals surface area contributed by atoms with Crippen molar-refractivity contribution in [3.63, 3.8) is 0 Å². The van der Waals surface area contributed by atoms with E-state index >= 15 is 0 Å². The fraction of sp³-hybridized carbons (Fsp3) is 0.778. The number of ketones is 3. The van der Waals surface area contributed by atoms with E-state index in [1.807, 2.05) is 69.9 Å². The number of esters is 1. The number of allylic oxidation sites excluding steroid dienone is 6. The van der Waals surface area contributed by atoms with Crippen molar-refractivity contribution in [3.8, 4) is 0 Å². The van der Waals surface area contributed by atoms with Crippen LogP contribution < -0.4 is 0 Å². The highest BCUT2D eigenvalue weighted by molar-refractivity contribution is 5.91. The number of aliphatic hydroxyl groups excluding tert-OH is 2. The Morgan fingerprint density at radius 2 is 1.59 bits per heavy atom. The highest BCUT2D eigenvalue weighted by Gasteiger charge is 2.52. The molecule has 4 rings (SSSR count). The van der Waals surface area contributed by atoms with Crippen LogP contribution in [0.1, 0.15) is 132 Å². The van der Waals surface area contributed by atoms with Crippen LogP contribution in [-0.2, 0) is 47.6 Å². The number of rotatable bonds is 9. The Morgan fingerprint density at radius 3 is 2.26 bits per heavy atom. The average Bonchev–Trinajstić information content (AvgIpc) is 3.32. The SMILES string of the molecule is CO[C@H]1C[C@@H]2CC[C@@H](C)[C@@](O)(O2)C(=O)C(C)N2CCCC[C@H]2C(=O)O[C@H]([C@@H](C)C[C@@H]2CC[C@@H](OCCO)[C@H](OC)C2)CC(=O)[C@H](C)/C=C(\C)[C@@H](O)[C@@H](OC)C(=O)[C@H](C)C[C@H](C)/C=C/C=CC=C1C. The maximum atomic E-state index is 14.6. The number of cyclic esters (lactones) is 1. The van der Waals surface area contributed by atoms with Gasteiger partial charge in [0.2, 0.25) is 11.6 Å². The minimum absolute atomic E-state index is 0.0397. The summed E-state index contributed by atoms with van der Waals surface area (Å²) in [5, 5.41) is 33.1. The maximum absolute atomic E-state index is 14.6. The molecule has 3 aliphatic heterocycles. The summed E-state index contributed by atoms with van der Waals surface area (Å²) in [6.45, 7) is 15.4. The van der Waals surface area contributed by atoms with Gasteiger partial charge in [0, 0.05) is 51.9 Å². The van der Waals surface area contributed by atoms with Crippen LogP contribution in [0, 0.1) is 35.5 Å². The van der Waals surface area contributed by atoms with Crippen molar-refractivity contribution in [2.24, 2.45) is 35.5 Å². The molecular weight excluding hydrogens is 871 g/mol. The van der Waals surface area contributed by atoms with Crippen LogP contribution in [0.3, 0.4) is 0 Å². The molecule has 0 aromatic carbocycles. The number of methoxy groups -OCH3 is 3. The van der Waals surface area contributed by atoms with Gasteiger partial charge in [-0.3, -0.25) is 24.1 Å². The van der Waals surface area contributed by atoms with Gasteiger partial charge < -0.3 is 43.7 Å². The van der Waals surface area contributed by atoms with Crippen LogP contribution in [0.15, 0.2) is 47.6 Å². The molecule has 14 heteroatoms. The molecule has 0 amide bonds. The number of nitrogens with zero attached hydrogens (tertiary/aromatic N) is 1. The van der Waals surface area contributed by atoms with Crippen molar-refractivity contribution in [3.05, 3.63) is 47.6 Å². The van der Waals surface area contributed by atoms with E-state index < -0.39 is 71.8 Å². The minimum Gasteiger partial charge on any atom is -0.460 e. The molecule has 3 fully saturated rings. The van der Waals surface area contributed by atoms with E-state index in [1.54, 1.807) is 41.1 Å². The predicted molar refractivity (Wildman–Crippen MR) is 260 cm³/mol. The number of ether oxygens (including phenoxy) is 6. The molecule has 0 spiro atoms. The molecular formula is C54H87NO13. The summed E-state index contributed by atoms with van der Waals surface area (Å²) in [6, 6.07) is -1.68. The molecule has 1 aliphatic carbocycles.